The van der Waals surface area contributed by atoms with Gasteiger partial charge in [-0.15, -0.1) is 0 Å². The number of benzene rings is 1. The molecule has 1 aliphatic carbocycles. The van der Waals surface area contributed by atoms with Crippen molar-refractivity contribution in [1.82, 2.24) is 5.32 Å². The predicted octanol–water partition coefficient (Wildman–Crippen LogP) is 3.35. The van der Waals surface area contributed by atoms with Crippen molar-refractivity contribution in [3.05, 3.63) is 34.9 Å². The normalized spacial score (nSPS) is 16.3. The molecule has 0 heterocycles. The van der Waals surface area contributed by atoms with Gasteiger partial charge in [0.05, 0.1) is 12.7 Å². The molecule has 1 aliphatic rings. The molecule has 1 saturated carbocycles. The second-order valence-corrected chi connectivity index (χ2v) is 5.37. The minimum atomic E-state index is 0.536. The Kier molecular flexibility index (Phi) is 5.21. The van der Waals surface area contributed by atoms with Crippen LogP contribution in [0.2, 0.25) is 0 Å². The molecule has 2 rings (SSSR count). The van der Waals surface area contributed by atoms with Crippen LogP contribution in [0.25, 0.3) is 0 Å². The molecule has 1 N–H and O–H groups in total. The average Bonchev–Trinajstić information content (AvgIpc) is 2.86. The highest BCUT2D eigenvalue weighted by molar-refractivity contribution is 5.29. The third-order valence-corrected chi connectivity index (χ3v) is 3.84. The Labute approximate surface area is 111 Å². The van der Waals surface area contributed by atoms with E-state index in [0.717, 1.165) is 19.7 Å². The Balaban J connectivity index is 1.61. The van der Waals surface area contributed by atoms with Crippen molar-refractivity contribution < 1.29 is 4.74 Å². The molecule has 1 fully saturated rings. The number of hydrogen-bond donors (Lipinski definition) is 1. The van der Waals surface area contributed by atoms with Gasteiger partial charge < -0.3 is 10.1 Å². The van der Waals surface area contributed by atoms with E-state index in [4.69, 9.17) is 4.74 Å². The van der Waals surface area contributed by atoms with Crippen molar-refractivity contribution in [1.29, 1.82) is 0 Å². The van der Waals surface area contributed by atoms with Gasteiger partial charge in [-0.3, -0.25) is 0 Å². The maximum atomic E-state index is 5.82. The number of aryl methyl sites for hydroxylation is 2. The first-order valence-electron chi connectivity index (χ1n) is 7.14. The zero-order valence-corrected chi connectivity index (χ0v) is 11.7. The second-order valence-electron chi connectivity index (χ2n) is 5.37. The molecule has 0 amide bonds. The summed E-state index contributed by atoms with van der Waals surface area (Å²) in [5.41, 5.74) is 4.10. The van der Waals surface area contributed by atoms with Gasteiger partial charge in [-0.2, -0.15) is 0 Å². The molecule has 1 aromatic rings. The van der Waals surface area contributed by atoms with Crippen LogP contribution in [-0.2, 0) is 11.3 Å². The highest BCUT2D eigenvalue weighted by Gasteiger charge is 2.14. The maximum absolute atomic E-state index is 5.82. The summed E-state index contributed by atoms with van der Waals surface area (Å²) in [6.45, 7) is 7.05. The second kappa shape index (κ2) is 6.91. The number of nitrogens with one attached hydrogen (secondary N) is 1. The summed E-state index contributed by atoms with van der Waals surface area (Å²) in [4.78, 5) is 0. The number of rotatable bonds is 6. The van der Waals surface area contributed by atoms with Crippen LogP contribution in [0.3, 0.4) is 0 Å². The minimum absolute atomic E-state index is 0.536. The summed E-state index contributed by atoms with van der Waals surface area (Å²) in [7, 11) is 0. The largest absolute Gasteiger partial charge is 0.377 e. The molecule has 2 nitrogen and oxygen atoms in total. The Morgan fingerprint density at radius 3 is 2.67 bits per heavy atom. The maximum Gasteiger partial charge on any atom is 0.0594 e. The zero-order chi connectivity index (χ0) is 12.8. The lowest BCUT2D eigenvalue weighted by Crippen LogP contribution is -2.21. The molecule has 2 heteroatoms. The van der Waals surface area contributed by atoms with Crippen molar-refractivity contribution in [2.24, 2.45) is 0 Å². The van der Waals surface area contributed by atoms with Gasteiger partial charge in [0, 0.05) is 13.1 Å². The lowest BCUT2D eigenvalue weighted by atomic mass is 10.1. The topological polar surface area (TPSA) is 21.3 Å². The molecule has 100 valence electrons. The first-order valence-corrected chi connectivity index (χ1v) is 7.14. The highest BCUT2D eigenvalue weighted by atomic mass is 16.5. The number of ether oxygens (including phenoxy) is 1. The van der Waals surface area contributed by atoms with E-state index in [2.05, 4.69) is 37.4 Å². The van der Waals surface area contributed by atoms with E-state index in [-0.39, 0.29) is 0 Å². The molecular formula is C16H25NO. The molecular weight excluding hydrogens is 222 g/mol. The van der Waals surface area contributed by atoms with Crippen LogP contribution in [0.4, 0.5) is 0 Å². The van der Waals surface area contributed by atoms with Crippen molar-refractivity contribution in [3.63, 3.8) is 0 Å². The monoisotopic (exact) mass is 247 g/mol. The van der Waals surface area contributed by atoms with Crippen molar-refractivity contribution in [3.8, 4) is 0 Å². The summed E-state index contributed by atoms with van der Waals surface area (Å²) in [5.74, 6) is 0. The van der Waals surface area contributed by atoms with E-state index < -0.39 is 0 Å². The van der Waals surface area contributed by atoms with Crippen LogP contribution < -0.4 is 5.32 Å². The lowest BCUT2D eigenvalue weighted by molar-refractivity contribution is 0.0603. The SMILES string of the molecule is Cc1ccc(CNCCOC2CCCC2)cc1C. The summed E-state index contributed by atoms with van der Waals surface area (Å²) < 4.78 is 5.82. The molecule has 0 aromatic heterocycles. The van der Waals surface area contributed by atoms with E-state index in [1.54, 1.807) is 0 Å². The Morgan fingerprint density at radius 2 is 1.94 bits per heavy atom. The fraction of sp³-hybridized carbons (Fsp3) is 0.625. The van der Waals surface area contributed by atoms with Crippen molar-refractivity contribution in [2.45, 2.75) is 52.2 Å². The Morgan fingerprint density at radius 1 is 1.17 bits per heavy atom. The Hall–Kier alpha value is -0.860. The molecule has 0 radical (unpaired) electrons. The molecule has 0 saturated heterocycles. The fourth-order valence-corrected chi connectivity index (χ4v) is 2.50. The quantitative estimate of drug-likeness (QED) is 0.778. The third-order valence-electron chi connectivity index (χ3n) is 3.84. The van der Waals surface area contributed by atoms with Gasteiger partial charge in [0.15, 0.2) is 0 Å². The van der Waals surface area contributed by atoms with Gasteiger partial charge in [0.2, 0.25) is 0 Å². The van der Waals surface area contributed by atoms with Crippen LogP contribution in [0, 0.1) is 13.8 Å². The van der Waals surface area contributed by atoms with E-state index >= 15 is 0 Å². The van der Waals surface area contributed by atoms with Gasteiger partial charge in [-0.25, -0.2) is 0 Å². The first-order chi connectivity index (χ1) is 8.75. The molecule has 1 aromatic carbocycles. The average molecular weight is 247 g/mol. The molecule has 0 spiro atoms. The van der Waals surface area contributed by atoms with E-state index in [1.165, 1.54) is 42.4 Å². The fourth-order valence-electron chi connectivity index (χ4n) is 2.50. The van der Waals surface area contributed by atoms with Gasteiger partial charge in [-0.1, -0.05) is 31.0 Å². The molecule has 18 heavy (non-hydrogen) atoms. The van der Waals surface area contributed by atoms with Crippen LogP contribution in [0.5, 0.6) is 0 Å². The summed E-state index contributed by atoms with van der Waals surface area (Å²) in [6.07, 6.45) is 5.75. The van der Waals surface area contributed by atoms with Crippen LogP contribution >= 0.6 is 0 Å². The van der Waals surface area contributed by atoms with Gasteiger partial charge in [0.1, 0.15) is 0 Å². The molecule has 0 unspecified atom stereocenters. The van der Waals surface area contributed by atoms with Crippen LogP contribution in [0.1, 0.15) is 42.4 Å². The smallest absolute Gasteiger partial charge is 0.0594 e. The summed E-state index contributed by atoms with van der Waals surface area (Å²) in [6, 6.07) is 6.66. The minimum Gasteiger partial charge on any atom is -0.377 e. The van der Waals surface area contributed by atoms with Gasteiger partial charge in [-0.05, 0) is 43.4 Å². The predicted molar refractivity (Wildman–Crippen MR) is 75.8 cm³/mol. The summed E-state index contributed by atoms with van der Waals surface area (Å²) in [5, 5.41) is 3.45. The number of hydrogen-bond acceptors (Lipinski definition) is 2. The van der Waals surface area contributed by atoms with Crippen molar-refractivity contribution >= 4 is 0 Å². The molecule has 0 bridgehead atoms. The van der Waals surface area contributed by atoms with Crippen molar-refractivity contribution in [2.75, 3.05) is 13.2 Å². The van der Waals surface area contributed by atoms with Gasteiger partial charge >= 0.3 is 0 Å². The van der Waals surface area contributed by atoms with Crippen LogP contribution in [-0.4, -0.2) is 19.3 Å². The van der Waals surface area contributed by atoms with E-state index in [1.807, 2.05) is 0 Å². The molecule has 0 aliphatic heterocycles. The van der Waals surface area contributed by atoms with Crippen LogP contribution in [0.15, 0.2) is 18.2 Å². The third kappa shape index (κ3) is 4.11. The standard InChI is InChI=1S/C16H25NO/c1-13-7-8-15(11-14(13)2)12-17-9-10-18-16-5-3-4-6-16/h7-8,11,16-17H,3-6,9-10,12H2,1-2H3. The van der Waals surface area contributed by atoms with E-state index in [0.29, 0.717) is 6.10 Å². The molecule has 0 atom stereocenters. The van der Waals surface area contributed by atoms with E-state index in [9.17, 15) is 0 Å². The summed E-state index contributed by atoms with van der Waals surface area (Å²) >= 11 is 0. The first kappa shape index (κ1) is 13.6. The lowest BCUT2D eigenvalue weighted by Gasteiger charge is -2.12. The highest BCUT2D eigenvalue weighted by Crippen LogP contribution is 2.20. The Bertz CT molecular complexity index is 369. The van der Waals surface area contributed by atoms with Gasteiger partial charge in [0.25, 0.3) is 0 Å². The zero-order valence-electron chi connectivity index (χ0n) is 11.7.